The minimum atomic E-state index is -0.189. The van der Waals surface area contributed by atoms with E-state index in [2.05, 4.69) is 5.32 Å². The number of benzene rings is 2. The first-order chi connectivity index (χ1) is 12.0. The van der Waals surface area contributed by atoms with Crippen molar-refractivity contribution >= 4 is 23.1 Å². The van der Waals surface area contributed by atoms with Gasteiger partial charge in [-0.15, -0.1) is 0 Å². The average Bonchev–Trinajstić information content (AvgIpc) is 2.62. The van der Waals surface area contributed by atoms with E-state index < -0.39 is 0 Å². The summed E-state index contributed by atoms with van der Waals surface area (Å²) in [4.78, 5) is 25.9. The first-order valence-corrected chi connectivity index (χ1v) is 8.36. The number of carbonyl (C=O) groups excluding carboxylic acids is 2. The Bertz CT molecular complexity index is 764. The molecule has 2 amide bonds. The summed E-state index contributed by atoms with van der Waals surface area (Å²) in [6.45, 7) is 2.02. The minimum Gasteiger partial charge on any atom is -0.349 e. The van der Waals surface area contributed by atoms with E-state index in [4.69, 9.17) is 0 Å². The molecular formula is C21H24N2O2. The van der Waals surface area contributed by atoms with Gasteiger partial charge in [-0.2, -0.15) is 0 Å². The Morgan fingerprint density at radius 1 is 1.00 bits per heavy atom. The van der Waals surface area contributed by atoms with Gasteiger partial charge >= 0.3 is 0 Å². The normalized spacial score (nSPS) is 11.1. The Balaban J connectivity index is 2.18. The van der Waals surface area contributed by atoms with Crippen molar-refractivity contribution in [3.05, 3.63) is 71.8 Å². The van der Waals surface area contributed by atoms with Crippen molar-refractivity contribution in [2.24, 2.45) is 0 Å². The van der Waals surface area contributed by atoms with Gasteiger partial charge in [0.15, 0.2) is 0 Å². The molecule has 0 saturated carbocycles. The quantitative estimate of drug-likeness (QED) is 0.817. The molecule has 2 aromatic rings. The second-order valence-electron chi connectivity index (χ2n) is 6.00. The third-order valence-corrected chi connectivity index (χ3v) is 3.95. The van der Waals surface area contributed by atoms with E-state index in [0.717, 1.165) is 23.1 Å². The molecule has 4 heteroatoms. The van der Waals surface area contributed by atoms with Gasteiger partial charge in [0.05, 0.1) is 6.42 Å². The summed E-state index contributed by atoms with van der Waals surface area (Å²) in [6, 6.07) is 17.2. The van der Waals surface area contributed by atoms with Crippen molar-refractivity contribution in [1.82, 2.24) is 4.90 Å². The standard InChI is InChI=1S/C21H24N2O2/c1-4-16(17-10-6-5-7-11-17)14-20(24)22-19-13-9-8-12-18(19)15-21(25)23(2)3/h5-14H,4,15H2,1-3H3,(H,22,24)/b16-14+. The maximum absolute atomic E-state index is 12.4. The lowest BCUT2D eigenvalue weighted by atomic mass is 10.0. The number of hydrogen-bond acceptors (Lipinski definition) is 2. The molecule has 0 saturated heterocycles. The Morgan fingerprint density at radius 3 is 2.28 bits per heavy atom. The summed E-state index contributed by atoms with van der Waals surface area (Å²) in [5, 5.41) is 2.90. The molecule has 0 aliphatic carbocycles. The fourth-order valence-corrected chi connectivity index (χ4v) is 2.49. The molecular weight excluding hydrogens is 312 g/mol. The predicted molar refractivity (Wildman–Crippen MR) is 102 cm³/mol. The van der Waals surface area contributed by atoms with Crippen LogP contribution in [-0.2, 0) is 16.0 Å². The number of hydrogen-bond donors (Lipinski definition) is 1. The van der Waals surface area contributed by atoms with Crippen molar-refractivity contribution in [2.75, 3.05) is 19.4 Å². The molecule has 0 aromatic heterocycles. The third kappa shape index (κ3) is 5.31. The largest absolute Gasteiger partial charge is 0.349 e. The third-order valence-electron chi connectivity index (χ3n) is 3.95. The van der Waals surface area contributed by atoms with Crippen molar-refractivity contribution in [1.29, 1.82) is 0 Å². The van der Waals surface area contributed by atoms with Gasteiger partial charge in [-0.25, -0.2) is 0 Å². The van der Waals surface area contributed by atoms with E-state index in [1.54, 1.807) is 25.1 Å². The highest BCUT2D eigenvalue weighted by Gasteiger charge is 2.11. The van der Waals surface area contributed by atoms with Crippen molar-refractivity contribution < 1.29 is 9.59 Å². The van der Waals surface area contributed by atoms with Crippen LogP contribution in [0.3, 0.4) is 0 Å². The number of carbonyl (C=O) groups is 2. The number of likely N-dealkylation sites (N-methyl/N-ethyl adjacent to an activating group) is 1. The molecule has 0 aliphatic heterocycles. The minimum absolute atomic E-state index is 0.00391. The fraction of sp³-hybridized carbons (Fsp3) is 0.238. The van der Waals surface area contributed by atoms with Crippen LogP contribution in [0.2, 0.25) is 0 Å². The van der Waals surface area contributed by atoms with Crippen LogP contribution in [0, 0.1) is 0 Å². The molecule has 0 unspecified atom stereocenters. The van der Waals surface area contributed by atoms with Crippen LogP contribution in [0.15, 0.2) is 60.7 Å². The van der Waals surface area contributed by atoms with E-state index >= 15 is 0 Å². The first-order valence-electron chi connectivity index (χ1n) is 8.36. The zero-order valence-corrected chi connectivity index (χ0v) is 15.0. The first kappa shape index (κ1) is 18.5. The smallest absolute Gasteiger partial charge is 0.248 e. The van der Waals surface area contributed by atoms with Gasteiger partial charge in [0.1, 0.15) is 0 Å². The van der Waals surface area contributed by atoms with E-state index in [1.807, 2.05) is 61.5 Å². The molecule has 1 N–H and O–H groups in total. The molecule has 130 valence electrons. The molecule has 25 heavy (non-hydrogen) atoms. The number of para-hydroxylation sites is 1. The molecule has 0 bridgehead atoms. The fourth-order valence-electron chi connectivity index (χ4n) is 2.49. The monoisotopic (exact) mass is 336 g/mol. The van der Waals surface area contributed by atoms with Crippen LogP contribution in [0.5, 0.6) is 0 Å². The summed E-state index contributed by atoms with van der Waals surface area (Å²) >= 11 is 0. The summed E-state index contributed by atoms with van der Waals surface area (Å²) in [7, 11) is 3.44. The Kier molecular flexibility index (Phi) is 6.52. The van der Waals surface area contributed by atoms with Gasteiger partial charge in [-0.3, -0.25) is 9.59 Å². The highest BCUT2D eigenvalue weighted by Crippen LogP contribution is 2.19. The molecule has 0 fully saturated rings. The Morgan fingerprint density at radius 2 is 1.64 bits per heavy atom. The second-order valence-corrected chi connectivity index (χ2v) is 6.00. The van der Waals surface area contributed by atoms with Gasteiger partial charge in [-0.1, -0.05) is 55.5 Å². The molecule has 0 radical (unpaired) electrons. The van der Waals surface area contributed by atoms with E-state index in [-0.39, 0.29) is 18.2 Å². The number of rotatable bonds is 6. The number of anilines is 1. The maximum atomic E-state index is 12.4. The molecule has 0 spiro atoms. The van der Waals surface area contributed by atoms with Crippen molar-refractivity contribution in [3.63, 3.8) is 0 Å². The highest BCUT2D eigenvalue weighted by molar-refractivity contribution is 6.04. The lowest BCUT2D eigenvalue weighted by molar-refractivity contribution is -0.128. The van der Waals surface area contributed by atoms with Gasteiger partial charge < -0.3 is 10.2 Å². The van der Waals surface area contributed by atoms with E-state index in [0.29, 0.717) is 5.69 Å². The maximum Gasteiger partial charge on any atom is 0.248 e. The van der Waals surface area contributed by atoms with Crippen LogP contribution < -0.4 is 5.32 Å². The number of allylic oxidation sites excluding steroid dienone is 1. The van der Waals surface area contributed by atoms with Crippen LogP contribution in [0.25, 0.3) is 5.57 Å². The van der Waals surface area contributed by atoms with Gasteiger partial charge in [-0.05, 0) is 29.2 Å². The summed E-state index contributed by atoms with van der Waals surface area (Å²) in [5.74, 6) is -0.193. The molecule has 2 rings (SSSR count). The molecule has 0 atom stereocenters. The lowest BCUT2D eigenvalue weighted by Gasteiger charge is -2.13. The second kappa shape index (κ2) is 8.83. The Labute approximate surface area is 149 Å². The number of amides is 2. The van der Waals surface area contributed by atoms with Crippen LogP contribution in [-0.4, -0.2) is 30.8 Å². The van der Waals surface area contributed by atoms with Crippen molar-refractivity contribution in [3.8, 4) is 0 Å². The van der Waals surface area contributed by atoms with E-state index in [1.165, 1.54) is 0 Å². The zero-order chi connectivity index (χ0) is 18.2. The molecule has 2 aromatic carbocycles. The van der Waals surface area contributed by atoms with Crippen molar-refractivity contribution in [2.45, 2.75) is 19.8 Å². The van der Waals surface area contributed by atoms with Crippen LogP contribution in [0.1, 0.15) is 24.5 Å². The molecule has 0 heterocycles. The number of nitrogens with zero attached hydrogens (tertiary/aromatic N) is 1. The summed E-state index contributed by atoms with van der Waals surface area (Å²) in [6.07, 6.45) is 2.64. The highest BCUT2D eigenvalue weighted by atomic mass is 16.2. The molecule has 0 aliphatic rings. The zero-order valence-electron chi connectivity index (χ0n) is 15.0. The van der Waals surface area contributed by atoms with Gasteiger partial charge in [0.25, 0.3) is 0 Å². The number of nitrogens with one attached hydrogen (secondary N) is 1. The van der Waals surface area contributed by atoms with Crippen LogP contribution in [0.4, 0.5) is 5.69 Å². The summed E-state index contributed by atoms with van der Waals surface area (Å²) in [5.41, 5.74) is 3.49. The van der Waals surface area contributed by atoms with Gasteiger partial charge in [0, 0.05) is 25.9 Å². The lowest BCUT2D eigenvalue weighted by Crippen LogP contribution is -2.24. The summed E-state index contributed by atoms with van der Waals surface area (Å²) < 4.78 is 0. The van der Waals surface area contributed by atoms with E-state index in [9.17, 15) is 9.59 Å². The SMILES string of the molecule is CC/C(=C\C(=O)Nc1ccccc1CC(=O)N(C)C)c1ccccc1. The predicted octanol–water partition coefficient (Wildman–Crippen LogP) is 3.75. The van der Waals surface area contributed by atoms with Gasteiger partial charge in [0.2, 0.25) is 11.8 Å². The van der Waals surface area contributed by atoms with Crippen LogP contribution >= 0.6 is 0 Å². The average molecular weight is 336 g/mol. The topological polar surface area (TPSA) is 49.4 Å². The Hall–Kier alpha value is -2.88. The molecule has 4 nitrogen and oxygen atoms in total.